The van der Waals surface area contributed by atoms with Crippen LogP contribution in [0.25, 0.3) is 32.9 Å². The topological polar surface area (TPSA) is 91.4 Å². The molecule has 5 rings (SSSR count). The number of nitrogens with zero attached hydrogens (tertiary/aromatic N) is 3. The number of aromatic amines is 2. The second-order valence-electron chi connectivity index (χ2n) is 7.04. The van der Waals surface area contributed by atoms with Gasteiger partial charge in [0, 0.05) is 29.0 Å². The molecule has 1 amide bonds. The largest absolute Gasteiger partial charge is 0.361 e. The van der Waals surface area contributed by atoms with Crippen LogP contribution >= 0.6 is 0 Å². The van der Waals surface area contributed by atoms with Gasteiger partial charge in [-0.3, -0.25) is 14.6 Å². The fourth-order valence-corrected chi connectivity index (χ4v) is 3.80. The number of nitrogens with one attached hydrogen (secondary N) is 3. The van der Waals surface area contributed by atoms with Crippen molar-refractivity contribution in [3.63, 3.8) is 0 Å². The molecule has 0 saturated heterocycles. The lowest BCUT2D eigenvalue weighted by atomic mass is 9.99. The number of carbonyl (C=O) groups excluding carboxylic acids is 1. The van der Waals surface area contributed by atoms with Gasteiger partial charge in [0.05, 0.1) is 23.1 Å². The maximum atomic E-state index is 13.0. The summed E-state index contributed by atoms with van der Waals surface area (Å²) in [5, 5.41) is 16.6. The van der Waals surface area contributed by atoms with Gasteiger partial charge in [0.25, 0.3) is 5.91 Å². The Balaban J connectivity index is 1.62. The van der Waals surface area contributed by atoms with Gasteiger partial charge in [-0.25, -0.2) is 0 Å². The van der Waals surface area contributed by atoms with E-state index in [0.29, 0.717) is 17.9 Å². The lowest BCUT2D eigenvalue weighted by molar-refractivity contribution is 0.101. The van der Waals surface area contributed by atoms with E-state index in [1.807, 2.05) is 38.2 Å². The molecule has 3 heterocycles. The van der Waals surface area contributed by atoms with Crippen LogP contribution in [-0.2, 0) is 6.54 Å². The molecule has 7 nitrogen and oxygen atoms in total. The van der Waals surface area contributed by atoms with Crippen molar-refractivity contribution in [2.24, 2.45) is 0 Å². The molecule has 29 heavy (non-hydrogen) atoms. The molecule has 0 aliphatic rings. The number of H-pyrrole nitrogens is 2. The molecule has 0 unspecified atom stereocenters. The molecule has 0 fully saturated rings. The number of hydrogen-bond acceptors (Lipinski definition) is 3. The predicted octanol–water partition coefficient (Wildman–Crippen LogP) is 4.49. The number of fused-ring (bicyclic) bond motifs is 2. The Kier molecular flexibility index (Phi) is 3.94. The van der Waals surface area contributed by atoms with Crippen molar-refractivity contribution in [2.45, 2.75) is 20.4 Å². The molecular formula is C22H20N6O. The molecule has 0 atom stereocenters. The smallest absolute Gasteiger partial charge is 0.273 e. The monoisotopic (exact) mass is 384 g/mol. The lowest BCUT2D eigenvalue weighted by Crippen LogP contribution is -2.17. The van der Waals surface area contributed by atoms with Crippen LogP contribution in [0.5, 0.6) is 0 Å². The Morgan fingerprint density at radius 2 is 2.03 bits per heavy atom. The summed E-state index contributed by atoms with van der Waals surface area (Å²) in [5.41, 5.74) is 6.10. The quantitative estimate of drug-likeness (QED) is 0.426. The van der Waals surface area contributed by atoms with Crippen LogP contribution in [0.1, 0.15) is 23.1 Å². The Morgan fingerprint density at radius 1 is 1.14 bits per heavy atom. The molecule has 144 valence electrons. The first-order chi connectivity index (χ1) is 14.1. The van der Waals surface area contributed by atoms with Gasteiger partial charge in [-0.15, -0.1) is 0 Å². The zero-order valence-electron chi connectivity index (χ0n) is 16.2. The molecule has 7 heteroatoms. The van der Waals surface area contributed by atoms with E-state index >= 15 is 0 Å². The first-order valence-corrected chi connectivity index (χ1v) is 9.53. The van der Waals surface area contributed by atoms with Crippen LogP contribution in [0.15, 0.2) is 54.9 Å². The van der Waals surface area contributed by atoms with Crippen molar-refractivity contribution >= 4 is 33.4 Å². The number of carbonyl (C=O) groups is 1. The predicted molar refractivity (Wildman–Crippen MR) is 114 cm³/mol. The van der Waals surface area contributed by atoms with E-state index < -0.39 is 0 Å². The lowest BCUT2D eigenvalue weighted by Gasteiger charge is -2.11. The van der Waals surface area contributed by atoms with Gasteiger partial charge in [-0.05, 0) is 55.3 Å². The molecule has 0 radical (unpaired) electrons. The van der Waals surface area contributed by atoms with Crippen molar-refractivity contribution in [3.8, 4) is 11.1 Å². The highest BCUT2D eigenvalue weighted by Crippen LogP contribution is 2.34. The summed E-state index contributed by atoms with van der Waals surface area (Å²) in [6.07, 6.45) is 3.66. The summed E-state index contributed by atoms with van der Waals surface area (Å²) in [7, 11) is 0. The molecule has 0 spiro atoms. The molecule has 3 N–H and O–H groups in total. The summed E-state index contributed by atoms with van der Waals surface area (Å²) >= 11 is 0. The minimum atomic E-state index is -0.188. The molecule has 2 aromatic carbocycles. The first-order valence-electron chi connectivity index (χ1n) is 9.53. The molecule has 0 aliphatic carbocycles. The van der Waals surface area contributed by atoms with Crippen LogP contribution in [0, 0.1) is 6.92 Å². The van der Waals surface area contributed by atoms with Crippen molar-refractivity contribution in [3.05, 3.63) is 66.2 Å². The van der Waals surface area contributed by atoms with Gasteiger partial charge in [0.15, 0.2) is 0 Å². The van der Waals surface area contributed by atoms with E-state index in [1.54, 1.807) is 16.9 Å². The molecule has 0 aliphatic heterocycles. The van der Waals surface area contributed by atoms with Gasteiger partial charge in [-0.2, -0.15) is 10.2 Å². The highest BCUT2D eigenvalue weighted by molar-refractivity contribution is 6.09. The van der Waals surface area contributed by atoms with Crippen LogP contribution in [0.3, 0.4) is 0 Å². The first kappa shape index (κ1) is 17.2. The minimum Gasteiger partial charge on any atom is -0.361 e. The van der Waals surface area contributed by atoms with Crippen LogP contribution in [0.2, 0.25) is 0 Å². The maximum absolute atomic E-state index is 13.0. The Labute approximate surface area is 166 Å². The van der Waals surface area contributed by atoms with E-state index in [2.05, 4.69) is 43.8 Å². The number of aromatic nitrogens is 5. The van der Waals surface area contributed by atoms with E-state index in [4.69, 9.17) is 0 Å². The molecular weight excluding hydrogens is 364 g/mol. The fourth-order valence-electron chi connectivity index (χ4n) is 3.80. The van der Waals surface area contributed by atoms with Crippen molar-refractivity contribution < 1.29 is 4.79 Å². The Bertz CT molecular complexity index is 1360. The average Bonchev–Trinajstić information content (AvgIpc) is 3.46. The number of rotatable bonds is 4. The molecule has 5 aromatic rings. The second kappa shape index (κ2) is 6.63. The average molecular weight is 384 g/mol. The standard InChI is InChI=1S/C22H20N6O/c1-3-28-21(9-13(2)27-28)22(29)25-19-10-14(11-20-17(19)12-24-26-20)15-5-4-6-18-16(15)7-8-23-18/h4-12,23H,3H2,1-2H3,(H,24,26)(H,25,29). The van der Waals surface area contributed by atoms with Gasteiger partial charge >= 0.3 is 0 Å². The number of anilines is 1. The van der Waals surface area contributed by atoms with E-state index in [0.717, 1.165) is 38.6 Å². The third-order valence-electron chi connectivity index (χ3n) is 5.15. The van der Waals surface area contributed by atoms with Crippen LogP contribution in [0.4, 0.5) is 5.69 Å². The van der Waals surface area contributed by atoms with Gasteiger partial charge in [0.1, 0.15) is 5.69 Å². The number of hydrogen-bond donors (Lipinski definition) is 3. The Hall–Kier alpha value is -3.87. The minimum absolute atomic E-state index is 0.188. The number of benzene rings is 2. The summed E-state index contributed by atoms with van der Waals surface area (Å²) in [4.78, 5) is 16.2. The van der Waals surface area contributed by atoms with Crippen molar-refractivity contribution in [2.75, 3.05) is 5.32 Å². The van der Waals surface area contributed by atoms with Gasteiger partial charge in [-0.1, -0.05) is 12.1 Å². The maximum Gasteiger partial charge on any atom is 0.273 e. The number of amides is 1. The zero-order chi connectivity index (χ0) is 20.0. The summed E-state index contributed by atoms with van der Waals surface area (Å²) in [5.74, 6) is -0.188. The van der Waals surface area contributed by atoms with E-state index in [9.17, 15) is 4.79 Å². The van der Waals surface area contributed by atoms with E-state index in [1.165, 1.54) is 0 Å². The zero-order valence-corrected chi connectivity index (χ0v) is 16.2. The van der Waals surface area contributed by atoms with Crippen LogP contribution in [-0.4, -0.2) is 30.9 Å². The van der Waals surface area contributed by atoms with Crippen molar-refractivity contribution in [1.29, 1.82) is 0 Å². The van der Waals surface area contributed by atoms with Crippen LogP contribution < -0.4 is 5.32 Å². The van der Waals surface area contributed by atoms with Gasteiger partial charge < -0.3 is 10.3 Å². The summed E-state index contributed by atoms with van der Waals surface area (Å²) in [6, 6.07) is 14.1. The van der Waals surface area contributed by atoms with E-state index in [-0.39, 0.29) is 5.91 Å². The SMILES string of the molecule is CCn1nc(C)cc1C(=O)Nc1cc(-c2cccc3[nH]ccc23)cc2[nH]ncc12. The van der Waals surface area contributed by atoms with Gasteiger partial charge in [0.2, 0.25) is 0 Å². The Morgan fingerprint density at radius 3 is 2.90 bits per heavy atom. The molecule has 3 aromatic heterocycles. The highest BCUT2D eigenvalue weighted by Gasteiger charge is 2.16. The third kappa shape index (κ3) is 2.87. The number of aryl methyl sites for hydroxylation is 2. The third-order valence-corrected chi connectivity index (χ3v) is 5.15. The molecule has 0 saturated carbocycles. The second-order valence-corrected chi connectivity index (χ2v) is 7.04. The highest BCUT2D eigenvalue weighted by atomic mass is 16.2. The normalized spacial score (nSPS) is 11.4. The van der Waals surface area contributed by atoms with Crippen molar-refractivity contribution in [1.82, 2.24) is 25.0 Å². The fraction of sp³-hybridized carbons (Fsp3) is 0.136. The summed E-state index contributed by atoms with van der Waals surface area (Å²) in [6.45, 7) is 4.48. The summed E-state index contributed by atoms with van der Waals surface area (Å²) < 4.78 is 1.71. The molecule has 0 bridgehead atoms.